The highest BCUT2D eigenvalue weighted by Gasteiger charge is 2.13. The van der Waals surface area contributed by atoms with Crippen LogP contribution in [0.25, 0.3) is 5.69 Å². The minimum absolute atomic E-state index is 0.216. The Balaban J connectivity index is 1.79. The molecule has 3 aromatic rings. The summed E-state index contributed by atoms with van der Waals surface area (Å²) in [6.45, 7) is 6.42. The van der Waals surface area contributed by atoms with Crippen molar-refractivity contribution in [1.82, 2.24) is 15.1 Å². The Morgan fingerprint density at radius 3 is 2.70 bits per heavy atom. The Morgan fingerprint density at radius 2 is 2.00 bits per heavy atom. The fourth-order valence-corrected chi connectivity index (χ4v) is 2.38. The van der Waals surface area contributed by atoms with Crippen LogP contribution in [0.15, 0.2) is 47.1 Å². The van der Waals surface area contributed by atoms with Gasteiger partial charge in [0, 0.05) is 5.69 Å². The van der Waals surface area contributed by atoms with Crippen LogP contribution in [0.4, 0.5) is 0 Å². The summed E-state index contributed by atoms with van der Waals surface area (Å²) >= 11 is 0. The van der Waals surface area contributed by atoms with E-state index in [-0.39, 0.29) is 5.91 Å². The lowest BCUT2D eigenvalue weighted by atomic mass is 10.1. The normalized spacial score (nSPS) is 10.7. The van der Waals surface area contributed by atoms with Crippen molar-refractivity contribution in [2.45, 2.75) is 27.3 Å². The van der Waals surface area contributed by atoms with Gasteiger partial charge in [0.05, 0.1) is 18.5 Å². The zero-order valence-electron chi connectivity index (χ0n) is 13.5. The van der Waals surface area contributed by atoms with Gasteiger partial charge in [0.1, 0.15) is 5.76 Å². The fourth-order valence-electron chi connectivity index (χ4n) is 2.38. The van der Waals surface area contributed by atoms with Gasteiger partial charge in [-0.2, -0.15) is 5.10 Å². The first-order valence-corrected chi connectivity index (χ1v) is 7.49. The number of nitrogens with one attached hydrogen (secondary N) is 1. The van der Waals surface area contributed by atoms with Gasteiger partial charge in [0.15, 0.2) is 5.69 Å². The van der Waals surface area contributed by atoms with Crippen molar-refractivity contribution < 1.29 is 9.21 Å². The molecule has 0 atom stereocenters. The first kappa shape index (κ1) is 15.1. The van der Waals surface area contributed by atoms with Crippen LogP contribution in [-0.4, -0.2) is 15.7 Å². The summed E-state index contributed by atoms with van der Waals surface area (Å²) < 4.78 is 6.99. The third kappa shape index (κ3) is 3.18. The Hall–Kier alpha value is -2.82. The van der Waals surface area contributed by atoms with Crippen molar-refractivity contribution in [2.24, 2.45) is 0 Å². The van der Waals surface area contributed by atoms with Crippen LogP contribution in [0.2, 0.25) is 0 Å². The topological polar surface area (TPSA) is 60.1 Å². The van der Waals surface area contributed by atoms with Gasteiger partial charge in [0.25, 0.3) is 5.91 Å². The lowest BCUT2D eigenvalue weighted by Gasteiger charge is -2.07. The predicted molar refractivity (Wildman–Crippen MR) is 87.7 cm³/mol. The zero-order chi connectivity index (χ0) is 16.4. The molecule has 5 nitrogen and oxygen atoms in total. The molecule has 1 aromatic carbocycles. The van der Waals surface area contributed by atoms with Gasteiger partial charge in [0.2, 0.25) is 0 Å². The molecular weight excluding hydrogens is 290 g/mol. The molecule has 1 amide bonds. The van der Waals surface area contributed by atoms with Gasteiger partial charge < -0.3 is 9.73 Å². The maximum Gasteiger partial charge on any atom is 0.272 e. The van der Waals surface area contributed by atoms with Gasteiger partial charge in [-0.15, -0.1) is 0 Å². The first-order chi connectivity index (χ1) is 11.0. The molecule has 2 aromatic heterocycles. The Kier molecular flexibility index (Phi) is 4.02. The van der Waals surface area contributed by atoms with Crippen LogP contribution in [0, 0.1) is 20.8 Å². The van der Waals surface area contributed by atoms with Gasteiger partial charge >= 0.3 is 0 Å². The Labute approximate surface area is 134 Å². The quantitative estimate of drug-likeness (QED) is 0.804. The summed E-state index contributed by atoms with van der Waals surface area (Å²) in [5.74, 6) is 0.496. The number of amides is 1. The standard InChI is InChI=1S/C18H19N3O2/c1-12-6-7-15(9-13(12)2)21-14(3)10-17(20-21)18(22)19-11-16-5-4-8-23-16/h4-10H,11H2,1-3H3,(H,19,22). The second kappa shape index (κ2) is 6.12. The van der Waals surface area contributed by atoms with Crippen molar-refractivity contribution in [3.05, 3.63) is 70.9 Å². The second-order valence-electron chi connectivity index (χ2n) is 5.61. The molecule has 0 saturated heterocycles. The lowest BCUT2D eigenvalue weighted by Crippen LogP contribution is -2.23. The summed E-state index contributed by atoms with van der Waals surface area (Å²) in [4.78, 5) is 12.2. The van der Waals surface area contributed by atoms with Crippen molar-refractivity contribution in [2.75, 3.05) is 0 Å². The molecule has 23 heavy (non-hydrogen) atoms. The molecule has 5 heteroatoms. The van der Waals surface area contributed by atoms with E-state index in [1.54, 1.807) is 23.1 Å². The summed E-state index contributed by atoms with van der Waals surface area (Å²) in [5.41, 5.74) is 4.69. The molecule has 0 spiro atoms. The summed E-state index contributed by atoms with van der Waals surface area (Å²) in [6.07, 6.45) is 1.58. The minimum atomic E-state index is -0.216. The third-order valence-corrected chi connectivity index (χ3v) is 3.86. The SMILES string of the molecule is Cc1ccc(-n2nc(C(=O)NCc3ccco3)cc2C)cc1C. The number of aromatic nitrogens is 2. The number of carbonyl (C=O) groups is 1. The largest absolute Gasteiger partial charge is 0.467 e. The second-order valence-corrected chi connectivity index (χ2v) is 5.61. The molecule has 0 bridgehead atoms. The van der Waals surface area contributed by atoms with Crippen molar-refractivity contribution in [3.8, 4) is 5.69 Å². The summed E-state index contributed by atoms with van der Waals surface area (Å²) in [5, 5.41) is 7.23. The molecule has 0 radical (unpaired) electrons. The summed E-state index contributed by atoms with van der Waals surface area (Å²) in [7, 11) is 0. The molecule has 0 unspecified atom stereocenters. The average Bonchev–Trinajstić information content (AvgIpc) is 3.17. The minimum Gasteiger partial charge on any atom is -0.467 e. The molecule has 0 aliphatic carbocycles. The van der Waals surface area contributed by atoms with Gasteiger partial charge in [-0.05, 0) is 62.2 Å². The van der Waals surface area contributed by atoms with E-state index >= 15 is 0 Å². The number of carbonyl (C=O) groups excluding carboxylic acids is 1. The van der Waals surface area contributed by atoms with E-state index in [2.05, 4.69) is 36.4 Å². The van der Waals surface area contributed by atoms with Crippen LogP contribution in [0.1, 0.15) is 33.1 Å². The molecule has 0 saturated carbocycles. The van der Waals surface area contributed by atoms with Crippen LogP contribution >= 0.6 is 0 Å². The molecule has 2 heterocycles. The number of nitrogens with zero attached hydrogens (tertiary/aromatic N) is 2. The monoisotopic (exact) mass is 309 g/mol. The van der Waals surface area contributed by atoms with E-state index in [1.165, 1.54) is 11.1 Å². The molecule has 3 rings (SSSR count). The maximum atomic E-state index is 12.2. The van der Waals surface area contributed by atoms with E-state index in [0.717, 1.165) is 11.4 Å². The molecule has 1 N–H and O–H groups in total. The number of rotatable bonds is 4. The van der Waals surface area contributed by atoms with Crippen molar-refractivity contribution >= 4 is 5.91 Å². The highest BCUT2D eigenvalue weighted by molar-refractivity contribution is 5.92. The van der Waals surface area contributed by atoms with E-state index in [0.29, 0.717) is 18.0 Å². The molecule has 0 aliphatic rings. The van der Waals surface area contributed by atoms with E-state index < -0.39 is 0 Å². The van der Waals surface area contributed by atoms with E-state index in [9.17, 15) is 4.79 Å². The predicted octanol–water partition coefficient (Wildman–Crippen LogP) is 3.32. The lowest BCUT2D eigenvalue weighted by molar-refractivity contribution is 0.0942. The van der Waals surface area contributed by atoms with E-state index in [1.807, 2.05) is 19.1 Å². The Morgan fingerprint density at radius 1 is 1.17 bits per heavy atom. The van der Waals surface area contributed by atoms with Crippen LogP contribution < -0.4 is 5.32 Å². The number of benzene rings is 1. The van der Waals surface area contributed by atoms with E-state index in [4.69, 9.17) is 4.42 Å². The average molecular weight is 309 g/mol. The van der Waals surface area contributed by atoms with Crippen molar-refractivity contribution in [3.63, 3.8) is 0 Å². The number of hydrogen-bond donors (Lipinski definition) is 1. The van der Waals surface area contributed by atoms with Gasteiger partial charge in [-0.3, -0.25) is 4.79 Å². The highest BCUT2D eigenvalue weighted by atomic mass is 16.3. The van der Waals surface area contributed by atoms with Gasteiger partial charge in [-0.25, -0.2) is 4.68 Å². The first-order valence-electron chi connectivity index (χ1n) is 7.49. The van der Waals surface area contributed by atoms with Crippen LogP contribution in [0.5, 0.6) is 0 Å². The maximum absolute atomic E-state index is 12.2. The molecular formula is C18H19N3O2. The van der Waals surface area contributed by atoms with Gasteiger partial charge in [-0.1, -0.05) is 6.07 Å². The van der Waals surface area contributed by atoms with Crippen LogP contribution in [-0.2, 0) is 6.54 Å². The molecule has 0 fully saturated rings. The smallest absolute Gasteiger partial charge is 0.272 e. The summed E-state index contributed by atoms with van der Waals surface area (Å²) in [6, 6.07) is 11.5. The number of aryl methyl sites for hydroxylation is 3. The Bertz CT molecular complexity index is 832. The zero-order valence-corrected chi connectivity index (χ0v) is 13.5. The number of furan rings is 1. The highest BCUT2D eigenvalue weighted by Crippen LogP contribution is 2.16. The van der Waals surface area contributed by atoms with Crippen molar-refractivity contribution in [1.29, 1.82) is 0 Å². The van der Waals surface area contributed by atoms with Crippen LogP contribution in [0.3, 0.4) is 0 Å². The molecule has 118 valence electrons. The fraction of sp³-hybridized carbons (Fsp3) is 0.222. The molecule has 0 aliphatic heterocycles. The third-order valence-electron chi connectivity index (χ3n) is 3.86. The number of hydrogen-bond acceptors (Lipinski definition) is 3.